The summed E-state index contributed by atoms with van der Waals surface area (Å²) in [6, 6.07) is 13.2. The smallest absolute Gasteiger partial charge is 0.249 e. The van der Waals surface area contributed by atoms with Gasteiger partial charge in [0, 0.05) is 23.0 Å². The number of ether oxygens (including phenoxy) is 2. The van der Waals surface area contributed by atoms with Crippen molar-refractivity contribution in [3.8, 4) is 22.9 Å². The number of halogens is 1. The van der Waals surface area contributed by atoms with Crippen LogP contribution in [0.4, 0.5) is 0 Å². The van der Waals surface area contributed by atoms with Crippen LogP contribution >= 0.6 is 15.9 Å². The Hall–Kier alpha value is -2.87. The molecule has 3 aromatic rings. The Kier molecular flexibility index (Phi) is 4.27. The van der Waals surface area contributed by atoms with Crippen molar-refractivity contribution in [2.24, 2.45) is 0 Å². The van der Waals surface area contributed by atoms with Crippen LogP contribution < -0.4 is 9.47 Å². The van der Waals surface area contributed by atoms with Crippen molar-refractivity contribution in [3.63, 3.8) is 0 Å². The molecule has 8 heteroatoms. The number of nitrogens with zero attached hydrogens (tertiary/aromatic N) is 3. The van der Waals surface area contributed by atoms with Crippen LogP contribution in [-0.2, 0) is 11.3 Å². The molecule has 1 amide bonds. The van der Waals surface area contributed by atoms with E-state index in [4.69, 9.17) is 14.0 Å². The molecule has 1 atom stereocenters. The summed E-state index contributed by atoms with van der Waals surface area (Å²) < 4.78 is 17.3. The van der Waals surface area contributed by atoms with Crippen molar-refractivity contribution in [1.82, 2.24) is 15.0 Å². The Morgan fingerprint density at radius 3 is 2.93 bits per heavy atom. The summed E-state index contributed by atoms with van der Waals surface area (Å²) in [4.78, 5) is 18.8. The van der Waals surface area contributed by atoms with Gasteiger partial charge in [0.2, 0.25) is 24.4 Å². The van der Waals surface area contributed by atoms with E-state index < -0.39 is 0 Å². The average molecular weight is 442 g/mol. The van der Waals surface area contributed by atoms with E-state index in [9.17, 15) is 4.79 Å². The molecule has 1 saturated heterocycles. The number of amides is 1. The molecule has 28 heavy (non-hydrogen) atoms. The molecule has 1 aromatic heterocycles. The first kappa shape index (κ1) is 17.2. The molecule has 0 bridgehead atoms. The summed E-state index contributed by atoms with van der Waals surface area (Å²) in [6.45, 7) is 0.718. The third-order valence-corrected chi connectivity index (χ3v) is 5.42. The number of hydrogen-bond donors (Lipinski definition) is 0. The monoisotopic (exact) mass is 441 g/mol. The van der Waals surface area contributed by atoms with Gasteiger partial charge < -0.3 is 18.9 Å². The molecular formula is C20H16BrN3O4. The van der Waals surface area contributed by atoms with Gasteiger partial charge in [0.15, 0.2) is 11.5 Å². The molecule has 7 nitrogen and oxygen atoms in total. The second-order valence-electron chi connectivity index (χ2n) is 6.73. The van der Waals surface area contributed by atoms with Gasteiger partial charge in [-0.15, -0.1) is 0 Å². The summed E-state index contributed by atoms with van der Waals surface area (Å²) in [7, 11) is 0. The lowest BCUT2D eigenvalue weighted by Gasteiger charge is -2.22. The normalized spacial score (nSPS) is 18.1. The van der Waals surface area contributed by atoms with Crippen molar-refractivity contribution in [3.05, 3.63) is 58.4 Å². The number of aromatic nitrogens is 2. The van der Waals surface area contributed by atoms with Crippen molar-refractivity contribution in [1.29, 1.82) is 0 Å². The minimum absolute atomic E-state index is 0.0906. The van der Waals surface area contributed by atoms with Gasteiger partial charge in [-0.2, -0.15) is 4.98 Å². The van der Waals surface area contributed by atoms with Crippen molar-refractivity contribution >= 4 is 21.8 Å². The second-order valence-corrected chi connectivity index (χ2v) is 7.65. The molecule has 142 valence electrons. The number of carbonyl (C=O) groups excluding carboxylic acids is 1. The summed E-state index contributed by atoms with van der Waals surface area (Å²) in [6.07, 6.45) is 1.13. The molecule has 0 aliphatic carbocycles. The van der Waals surface area contributed by atoms with Gasteiger partial charge in [-0.3, -0.25) is 4.79 Å². The third-order valence-electron chi connectivity index (χ3n) is 4.93. The van der Waals surface area contributed by atoms with E-state index in [-0.39, 0.29) is 18.7 Å². The van der Waals surface area contributed by atoms with Gasteiger partial charge in [-0.05, 0) is 42.3 Å². The second kappa shape index (κ2) is 6.94. The first-order valence-corrected chi connectivity index (χ1v) is 9.74. The Morgan fingerprint density at radius 1 is 1.14 bits per heavy atom. The van der Waals surface area contributed by atoms with E-state index >= 15 is 0 Å². The predicted molar refractivity (Wildman–Crippen MR) is 103 cm³/mol. The van der Waals surface area contributed by atoms with Crippen LogP contribution in [0.2, 0.25) is 0 Å². The summed E-state index contributed by atoms with van der Waals surface area (Å²) in [5.41, 5.74) is 1.83. The van der Waals surface area contributed by atoms with Crippen LogP contribution in [0, 0.1) is 0 Å². The highest BCUT2D eigenvalue weighted by molar-refractivity contribution is 9.10. The molecule has 1 unspecified atom stereocenters. The van der Waals surface area contributed by atoms with Gasteiger partial charge in [-0.1, -0.05) is 33.2 Å². The highest BCUT2D eigenvalue weighted by Crippen LogP contribution is 2.37. The van der Waals surface area contributed by atoms with Crippen LogP contribution in [0.25, 0.3) is 11.4 Å². The predicted octanol–water partition coefficient (Wildman–Crippen LogP) is 4.09. The lowest BCUT2D eigenvalue weighted by molar-refractivity contribution is -0.129. The van der Waals surface area contributed by atoms with Crippen LogP contribution in [0.3, 0.4) is 0 Å². The highest BCUT2D eigenvalue weighted by Gasteiger charge is 2.36. The lowest BCUT2D eigenvalue weighted by atomic mass is 10.1. The molecule has 2 aromatic carbocycles. The van der Waals surface area contributed by atoms with Gasteiger partial charge >= 0.3 is 0 Å². The largest absolute Gasteiger partial charge is 0.454 e. The quantitative estimate of drug-likeness (QED) is 0.606. The number of benzene rings is 2. The first-order valence-electron chi connectivity index (χ1n) is 8.95. The van der Waals surface area contributed by atoms with Gasteiger partial charge in [-0.25, -0.2) is 0 Å². The van der Waals surface area contributed by atoms with Crippen LogP contribution in [0.15, 0.2) is 51.5 Å². The van der Waals surface area contributed by atoms with E-state index in [0.29, 0.717) is 42.6 Å². The zero-order valence-corrected chi connectivity index (χ0v) is 16.4. The summed E-state index contributed by atoms with van der Waals surface area (Å²) >= 11 is 3.47. The summed E-state index contributed by atoms with van der Waals surface area (Å²) in [5, 5.41) is 4.11. The average Bonchev–Trinajstić information content (AvgIpc) is 3.42. The van der Waals surface area contributed by atoms with Crippen LogP contribution in [0.1, 0.15) is 30.3 Å². The molecular weight excluding hydrogens is 426 g/mol. The fourth-order valence-electron chi connectivity index (χ4n) is 3.54. The Labute approximate surface area is 169 Å². The van der Waals surface area contributed by atoms with E-state index in [0.717, 1.165) is 15.6 Å². The Bertz CT molecular complexity index is 1050. The van der Waals surface area contributed by atoms with Crippen molar-refractivity contribution in [2.45, 2.75) is 25.4 Å². The van der Waals surface area contributed by atoms with Crippen molar-refractivity contribution < 1.29 is 18.8 Å². The molecule has 0 saturated carbocycles. The van der Waals surface area contributed by atoms with Crippen LogP contribution in [-0.4, -0.2) is 27.7 Å². The molecule has 2 aliphatic heterocycles. The molecule has 3 heterocycles. The first-order chi connectivity index (χ1) is 13.7. The number of carbonyl (C=O) groups is 1. The maximum Gasteiger partial charge on any atom is 0.249 e. The topological polar surface area (TPSA) is 77.7 Å². The molecule has 0 spiro atoms. The fourth-order valence-corrected chi connectivity index (χ4v) is 3.99. The maximum absolute atomic E-state index is 12.4. The van der Waals surface area contributed by atoms with E-state index in [1.165, 1.54) is 0 Å². The zero-order chi connectivity index (χ0) is 19.1. The molecule has 1 fully saturated rings. The minimum Gasteiger partial charge on any atom is -0.454 e. The standard InChI is InChI=1S/C20H16BrN3O4/c21-14-3-1-2-12(8-14)10-24-15(5-7-18(24)25)20-22-19(23-28-20)13-4-6-16-17(9-13)27-11-26-16/h1-4,6,8-9,15H,5,7,10-11H2. The number of rotatable bonds is 4. The summed E-state index contributed by atoms with van der Waals surface area (Å²) in [5.74, 6) is 2.38. The van der Waals surface area contributed by atoms with Gasteiger partial charge in [0.1, 0.15) is 6.04 Å². The van der Waals surface area contributed by atoms with Gasteiger partial charge in [0.05, 0.1) is 0 Å². The Balaban J connectivity index is 1.40. The van der Waals surface area contributed by atoms with E-state index in [1.807, 2.05) is 42.5 Å². The Morgan fingerprint density at radius 2 is 2.04 bits per heavy atom. The number of fused-ring (bicyclic) bond motifs is 1. The third kappa shape index (κ3) is 3.13. The lowest BCUT2D eigenvalue weighted by Crippen LogP contribution is -2.27. The number of hydrogen-bond acceptors (Lipinski definition) is 6. The molecule has 0 N–H and O–H groups in total. The number of likely N-dealkylation sites (tertiary alicyclic amines) is 1. The van der Waals surface area contributed by atoms with Gasteiger partial charge in [0.25, 0.3) is 0 Å². The minimum atomic E-state index is -0.221. The zero-order valence-electron chi connectivity index (χ0n) is 14.8. The fraction of sp³-hybridized carbons (Fsp3) is 0.250. The molecule has 5 rings (SSSR count). The SMILES string of the molecule is O=C1CCC(c2nc(-c3ccc4c(c3)OCO4)no2)N1Cc1cccc(Br)c1. The van der Waals surface area contributed by atoms with E-state index in [1.54, 1.807) is 4.90 Å². The molecule has 0 radical (unpaired) electrons. The van der Waals surface area contributed by atoms with Crippen LogP contribution in [0.5, 0.6) is 11.5 Å². The molecule has 2 aliphatic rings. The maximum atomic E-state index is 12.4. The van der Waals surface area contributed by atoms with E-state index in [2.05, 4.69) is 26.1 Å². The van der Waals surface area contributed by atoms with Crippen molar-refractivity contribution in [2.75, 3.05) is 6.79 Å². The highest BCUT2D eigenvalue weighted by atomic mass is 79.9.